The van der Waals surface area contributed by atoms with E-state index in [0.717, 1.165) is 44.6 Å². The van der Waals surface area contributed by atoms with Gasteiger partial charge < -0.3 is 10.1 Å². The fourth-order valence-electron chi connectivity index (χ4n) is 2.88. The highest BCUT2D eigenvalue weighted by molar-refractivity contribution is 5.32. The van der Waals surface area contributed by atoms with Crippen molar-refractivity contribution in [2.24, 2.45) is 5.92 Å². The summed E-state index contributed by atoms with van der Waals surface area (Å²) >= 11 is 0. The number of rotatable bonds is 4. The maximum absolute atomic E-state index is 12.5. The van der Waals surface area contributed by atoms with E-state index in [9.17, 15) is 13.2 Å². The number of benzene rings is 1. The van der Waals surface area contributed by atoms with Crippen molar-refractivity contribution in [1.82, 2.24) is 10.3 Å². The Morgan fingerprint density at radius 1 is 1.12 bits per heavy atom. The lowest BCUT2D eigenvalue weighted by atomic mass is 9.91. The third-order valence-corrected chi connectivity index (χ3v) is 4.17. The Balaban J connectivity index is 1.65. The van der Waals surface area contributed by atoms with Gasteiger partial charge in [0.1, 0.15) is 5.75 Å². The number of alkyl halides is 3. The molecule has 2 heterocycles. The number of ether oxygens (including phenoxy) is 1. The SMILES string of the molecule is FC(F)(F)c1ccc(Oc2cccc(CC3CCNCC3)c2)nc1. The number of hydrogen-bond donors (Lipinski definition) is 1. The molecule has 3 nitrogen and oxygen atoms in total. The van der Waals surface area contributed by atoms with Crippen molar-refractivity contribution in [3.63, 3.8) is 0 Å². The zero-order valence-electron chi connectivity index (χ0n) is 13.1. The fourth-order valence-corrected chi connectivity index (χ4v) is 2.88. The predicted molar refractivity (Wildman–Crippen MR) is 85.1 cm³/mol. The van der Waals surface area contributed by atoms with Gasteiger partial charge in [0.05, 0.1) is 5.56 Å². The summed E-state index contributed by atoms with van der Waals surface area (Å²) in [4.78, 5) is 3.74. The number of nitrogens with zero attached hydrogens (tertiary/aromatic N) is 1. The minimum atomic E-state index is -4.39. The maximum atomic E-state index is 12.5. The molecule has 0 atom stereocenters. The molecule has 0 saturated carbocycles. The van der Waals surface area contributed by atoms with E-state index in [-0.39, 0.29) is 5.88 Å². The molecule has 0 radical (unpaired) electrons. The van der Waals surface area contributed by atoms with E-state index in [2.05, 4.69) is 16.4 Å². The Kier molecular flexibility index (Phi) is 5.04. The molecule has 3 rings (SSSR count). The van der Waals surface area contributed by atoms with E-state index >= 15 is 0 Å². The minimum Gasteiger partial charge on any atom is -0.439 e. The summed E-state index contributed by atoms with van der Waals surface area (Å²) in [6.07, 6.45) is -0.301. The lowest BCUT2D eigenvalue weighted by molar-refractivity contribution is -0.137. The van der Waals surface area contributed by atoms with Crippen molar-refractivity contribution in [1.29, 1.82) is 0 Å². The summed E-state index contributed by atoms with van der Waals surface area (Å²) in [7, 11) is 0. The standard InChI is InChI=1S/C18H19F3N2O/c19-18(20,21)15-4-5-17(23-12-15)24-16-3-1-2-14(11-16)10-13-6-8-22-9-7-13/h1-5,11-13,22H,6-10H2. The van der Waals surface area contributed by atoms with E-state index < -0.39 is 11.7 Å². The second-order valence-corrected chi connectivity index (χ2v) is 6.03. The van der Waals surface area contributed by atoms with Crippen molar-refractivity contribution in [2.45, 2.75) is 25.4 Å². The number of halogens is 3. The number of hydrogen-bond acceptors (Lipinski definition) is 3. The first-order valence-corrected chi connectivity index (χ1v) is 8.01. The summed E-state index contributed by atoms with van der Waals surface area (Å²) in [5.41, 5.74) is 0.390. The predicted octanol–water partition coefficient (Wildman–Crippen LogP) is 4.43. The quantitative estimate of drug-likeness (QED) is 0.896. The first-order valence-electron chi connectivity index (χ1n) is 8.01. The van der Waals surface area contributed by atoms with Gasteiger partial charge in [-0.2, -0.15) is 13.2 Å². The zero-order chi connectivity index (χ0) is 17.0. The molecule has 1 fully saturated rings. The van der Waals surface area contributed by atoms with E-state index in [0.29, 0.717) is 11.7 Å². The smallest absolute Gasteiger partial charge is 0.417 e. The topological polar surface area (TPSA) is 34.1 Å². The van der Waals surface area contributed by atoms with Gasteiger partial charge >= 0.3 is 6.18 Å². The average Bonchev–Trinajstić information content (AvgIpc) is 2.56. The van der Waals surface area contributed by atoms with Crippen molar-refractivity contribution in [3.05, 3.63) is 53.7 Å². The number of aromatic nitrogens is 1. The van der Waals surface area contributed by atoms with Crippen molar-refractivity contribution >= 4 is 0 Å². The highest BCUT2D eigenvalue weighted by atomic mass is 19.4. The summed E-state index contributed by atoms with van der Waals surface area (Å²) in [5, 5.41) is 3.35. The van der Waals surface area contributed by atoms with Gasteiger partial charge in [-0.05, 0) is 62.0 Å². The van der Waals surface area contributed by atoms with E-state index in [1.54, 1.807) is 6.07 Å². The molecule has 0 spiro atoms. The molecular formula is C18H19F3N2O. The van der Waals surface area contributed by atoms with Gasteiger partial charge in [0, 0.05) is 12.3 Å². The van der Waals surface area contributed by atoms with Gasteiger partial charge in [-0.3, -0.25) is 0 Å². The Morgan fingerprint density at radius 3 is 2.58 bits per heavy atom. The van der Waals surface area contributed by atoms with Gasteiger partial charge in [-0.15, -0.1) is 0 Å². The Hall–Kier alpha value is -2.08. The molecule has 128 valence electrons. The average molecular weight is 336 g/mol. The molecule has 1 aromatic heterocycles. The molecular weight excluding hydrogens is 317 g/mol. The third kappa shape index (κ3) is 4.47. The van der Waals surface area contributed by atoms with Crippen LogP contribution in [-0.2, 0) is 12.6 Å². The van der Waals surface area contributed by atoms with Crippen molar-refractivity contribution in [2.75, 3.05) is 13.1 Å². The van der Waals surface area contributed by atoms with Gasteiger partial charge in [-0.25, -0.2) is 4.98 Å². The van der Waals surface area contributed by atoms with Crippen LogP contribution < -0.4 is 10.1 Å². The van der Waals surface area contributed by atoms with E-state index in [1.807, 2.05) is 12.1 Å². The zero-order valence-corrected chi connectivity index (χ0v) is 13.1. The van der Waals surface area contributed by atoms with Crippen LogP contribution in [0.1, 0.15) is 24.0 Å². The number of nitrogens with one attached hydrogen (secondary N) is 1. The highest BCUT2D eigenvalue weighted by Crippen LogP contribution is 2.30. The highest BCUT2D eigenvalue weighted by Gasteiger charge is 2.30. The second kappa shape index (κ2) is 7.21. The molecule has 1 aliphatic heterocycles. The van der Waals surface area contributed by atoms with E-state index in [4.69, 9.17) is 4.74 Å². The van der Waals surface area contributed by atoms with Crippen LogP contribution in [0.3, 0.4) is 0 Å². The Morgan fingerprint density at radius 2 is 1.92 bits per heavy atom. The van der Waals surface area contributed by atoms with Crippen LogP contribution in [0.5, 0.6) is 11.6 Å². The van der Waals surface area contributed by atoms with Crippen LogP contribution in [0.15, 0.2) is 42.6 Å². The van der Waals surface area contributed by atoms with Crippen LogP contribution >= 0.6 is 0 Å². The van der Waals surface area contributed by atoms with Gasteiger partial charge in [0.15, 0.2) is 0 Å². The molecule has 1 aliphatic rings. The minimum absolute atomic E-state index is 0.155. The lowest BCUT2D eigenvalue weighted by Crippen LogP contribution is -2.28. The van der Waals surface area contributed by atoms with Crippen LogP contribution in [0.25, 0.3) is 0 Å². The maximum Gasteiger partial charge on any atom is 0.417 e. The summed E-state index contributed by atoms with van der Waals surface area (Å²) < 4.78 is 43.2. The van der Waals surface area contributed by atoms with Crippen LogP contribution in [-0.4, -0.2) is 18.1 Å². The van der Waals surface area contributed by atoms with Crippen LogP contribution in [0.2, 0.25) is 0 Å². The fraction of sp³-hybridized carbons (Fsp3) is 0.389. The molecule has 1 N–H and O–H groups in total. The Labute approximate surface area is 138 Å². The molecule has 0 amide bonds. The molecule has 0 unspecified atom stereocenters. The van der Waals surface area contributed by atoms with E-state index in [1.165, 1.54) is 11.6 Å². The monoisotopic (exact) mass is 336 g/mol. The van der Waals surface area contributed by atoms with Crippen molar-refractivity contribution in [3.8, 4) is 11.6 Å². The van der Waals surface area contributed by atoms with Gasteiger partial charge in [0.25, 0.3) is 0 Å². The molecule has 1 saturated heterocycles. The summed E-state index contributed by atoms with van der Waals surface area (Å²) in [5.74, 6) is 1.40. The van der Waals surface area contributed by atoms with Crippen LogP contribution in [0, 0.1) is 5.92 Å². The summed E-state index contributed by atoms with van der Waals surface area (Å²) in [6, 6.07) is 9.88. The summed E-state index contributed by atoms with van der Waals surface area (Å²) in [6.45, 7) is 2.10. The lowest BCUT2D eigenvalue weighted by Gasteiger charge is -2.22. The normalized spacial score (nSPS) is 16.1. The molecule has 0 bridgehead atoms. The van der Waals surface area contributed by atoms with Crippen molar-refractivity contribution < 1.29 is 17.9 Å². The second-order valence-electron chi connectivity index (χ2n) is 6.03. The molecule has 6 heteroatoms. The third-order valence-electron chi connectivity index (χ3n) is 4.17. The van der Waals surface area contributed by atoms with Gasteiger partial charge in [-0.1, -0.05) is 12.1 Å². The van der Waals surface area contributed by atoms with Crippen LogP contribution in [0.4, 0.5) is 13.2 Å². The molecule has 0 aliphatic carbocycles. The molecule has 2 aromatic rings. The number of piperidine rings is 1. The molecule has 24 heavy (non-hydrogen) atoms. The Bertz CT molecular complexity index is 665. The number of pyridine rings is 1. The molecule has 1 aromatic carbocycles. The van der Waals surface area contributed by atoms with Gasteiger partial charge in [0.2, 0.25) is 5.88 Å². The first kappa shape index (κ1) is 16.8. The largest absolute Gasteiger partial charge is 0.439 e. The first-order chi connectivity index (χ1) is 11.5.